The minimum Gasteiger partial charge on any atom is -0.351 e. The number of fused-ring (bicyclic) bond motifs is 1. The highest BCUT2D eigenvalue weighted by Gasteiger charge is 2.34. The van der Waals surface area contributed by atoms with Crippen LogP contribution in [-0.4, -0.2) is 88.8 Å². The fourth-order valence-electron chi connectivity index (χ4n) is 5.15. The van der Waals surface area contributed by atoms with Crippen molar-refractivity contribution in [2.45, 2.75) is 25.3 Å². The maximum Gasteiger partial charge on any atom is 0.272 e. The molecule has 0 radical (unpaired) electrons. The van der Waals surface area contributed by atoms with Crippen LogP contribution in [0.5, 0.6) is 0 Å². The number of pyridine rings is 1. The maximum absolute atomic E-state index is 13.2. The van der Waals surface area contributed by atoms with Gasteiger partial charge in [-0.15, -0.1) is 0 Å². The van der Waals surface area contributed by atoms with Crippen molar-refractivity contribution in [3.63, 3.8) is 0 Å². The number of nitrogens with zero attached hydrogens (tertiary/aromatic N) is 5. The third kappa shape index (κ3) is 5.09. The molecule has 1 unspecified atom stereocenters. The van der Waals surface area contributed by atoms with Crippen LogP contribution in [-0.2, 0) is 0 Å². The SMILES string of the molecule is CN1CCN(CCCNC(=O)c2nc(C3CCCN3C(=O)c3ccccc3)n3ccccc23)CC1. The van der Waals surface area contributed by atoms with Gasteiger partial charge in [-0.1, -0.05) is 24.3 Å². The predicted molar refractivity (Wildman–Crippen MR) is 136 cm³/mol. The van der Waals surface area contributed by atoms with Gasteiger partial charge in [-0.3, -0.25) is 9.59 Å². The number of likely N-dealkylation sites (N-methyl/N-ethyl adjacent to an activating group) is 1. The molecule has 2 saturated heterocycles. The molecule has 5 rings (SSSR count). The van der Waals surface area contributed by atoms with Gasteiger partial charge in [-0.2, -0.15) is 0 Å². The topological polar surface area (TPSA) is 73.2 Å². The number of nitrogens with one attached hydrogen (secondary N) is 1. The van der Waals surface area contributed by atoms with Crippen LogP contribution < -0.4 is 5.32 Å². The van der Waals surface area contributed by atoms with Crippen molar-refractivity contribution >= 4 is 17.3 Å². The summed E-state index contributed by atoms with van der Waals surface area (Å²) in [5.41, 5.74) is 1.89. The van der Waals surface area contributed by atoms with Crippen molar-refractivity contribution < 1.29 is 9.59 Å². The zero-order chi connectivity index (χ0) is 24.2. The van der Waals surface area contributed by atoms with Crippen LogP contribution >= 0.6 is 0 Å². The second-order valence-corrected chi connectivity index (χ2v) is 9.55. The number of rotatable bonds is 7. The molecule has 4 heterocycles. The van der Waals surface area contributed by atoms with E-state index in [0.717, 1.165) is 63.3 Å². The van der Waals surface area contributed by atoms with Crippen LogP contribution in [0.3, 0.4) is 0 Å². The number of likely N-dealkylation sites (tertiary alicyclic amines) is 1. The summed E-state index contributed by atoms with van der Waals surface area (Å²) >= 11 is 0. The van der Waals surface area contributed by atoms with E-state index >= 15 is 0 Å². The molecule has 0 spiro atoms. The van der Waals surface area contributed by atoms with E-state index in [-0.39, 0.29) is 17.9 Å². The van der Waals surface area contributed by atoms with Gasteiger partial charge >= 0.3 is 0 Å². The molecule has 0 bridgehead atoms. The summed E-state index contributed by atoms with van der Waals surface area (Å²) in [7, 11) is 2.16. The Morgan fingerprint density at radius 2 is 1.77 bits per heavy atom. The standard InChI is InChI=1S/C27H34N6O2/c1-30-17-19-31(20-18-30)14-8-13-28-26(34)24-22-11-5-6-15-32(22)25(29-24)23-12-7-16-33(23)27(35)21-9-3-2-4-10-21/h2-6,9-11,15,23H,7-8,12-14,16-20H2,1H3,(H,28,34). The number of hydrogen-bond acceptors (Lipinski definition) is 5. The first-order valence-corrected chi connectivity index (χ1v) is 12.6. The van der Waals surface area contributed by atoms with Crippen molar-refractivity contribution in [2.24, 2.45) is 0 Å². The smallest absolute Gasteiger partial charge is 0.272 e. The molecule has 2 fully saturated rings. The molecule has 0 aliphatic carbocycles. The third-order valence-electron chi connectivity index (χ3n) is 7.16. The van der Waals surface area contributed by atoms with Gasteiger partial charge in [0.15, 0.2) is 5.69 Å². The first-order chi connectivity index (χ1) is 17.1. The largest absolute Gasteiger partial charge is 0.351 e. The lowest BCUT2D eigenvalue weighted by molar-refractivity contribution is 0.0729. The summed E-state index contributed by atoms with van der Waals surface area (Å²) in [4.78, 5) is 37.9. The van der Waals surface area contributed by atoms with Gasteiger partial charge in [0, 0.05) is 51.0 Å². The molecule has 2 amide bonds. The highest BCUT2D eigenvalue weighted by molar-refractivity contribution is 5.99. The third-order valence-corrected chi connectivity index (χ3v) is 7.16. The maximum atomic E-state index is 13.2. The van der Waals surface area contributed by atoms with Crippen molar-refractivity contribution in [2.75, 3.05) is 52.9 Å². The fourth-order valence-corrected chi connectivity index (χ4v) is 5.15. The second kappa shape index (κ2) is 10.6. The summed E-state index contributed by atoms with van der Waals surface area (Å²) in [6.45, 7) is 6.66. The molecular weight excluding hydrogens is 440 g/mol. The van der Waals surface area contributed by atoms with Gasteiger partial charge in [0.25, 0.3) is 11.8 Å². The summed E-state index contributed by atoms with van der Waals surface area (Å²) in [6, 6.07) is 15.0. The lowest BCUT2D eigenvalue weighted by atomic mass is 10.1. The Morgan fingerprint density at radius 1 is 1.00 bits per heavy atom. The van der Waals surface area contributed by atoms with Crippen molar-refractivity contribution in [1.29, 1.82) is 0 Å². The average Bonchev–Trinajstić information content (AvgIpc) is 3.53. The van der Waals surface area contributed by atoms with Gasteiger partial charge in [-0.25, -0.2) is 4.98 Å². The molecule has 2 aliphatic heterocycles. The molecule has 3 aromatic rings. The van der Waals surface area contributed by atoms with E-state index in [1.807, 2.05) is 64.0 Å². The summed E-state index contributed by atoms with van der Waals surface area (Å²) in [6.07, 6.45) is 4.60. The molecule has 8 nitrogen and oxygen atoms in total. The first kappa shape index (κ1) is 23.5. The number of carbonyl (C=O) groups excluding carboxylic acids is 2. The van der Waals surface area contributed by atoms with E-state index in [0.29, 0.717) is 24.3 Å². The van der Waals surface area contributed by atoms with E-state index < -0.39 is 0 Å². The number of carbonyl (C=O) groups is 2. The van der Waals surface area contributed by atoms with Crippen molar-refractivity contribution in [3.05, 3.63) is 71.8 Å². The van der Waals surface area contributed by atoms with E-state index in [4.69, 9.17) is 4.98 Å². The van der Waals surface area contributed by atoms with Gasteiger partial charge in [0.05, 0.1) is 11.6 Å². The zero-order valence-electron chi connectivity index (χ0n) is 20.4. The molecular formula is C27H34N6O2. The molecule has 35 heavy (non-hydrogen) atoms. The quantitative estimate of drug-likeness (QED) is 0.533. The molecule has 0 saturated carbocycles. The average molecular weight is 475 g/mol. The van der Waals surface area contributed by atoms with Crippen LogP contribution in [0.4, 0.5) is 0 Å². The Morgan fingerprint density at radius 3 is 2.57 bits per heavy atom. The monoisotopic (exact) mass is 474 g/mol. The van der Waals surface area contributed by atoms with E-state index in [2.05, 4.69) is 22.2 Å². The van der Waals surface area contributed by atoms with Gasteiger partial charge in [0.1, 0.15) is 5.82 Å². The molecule has 1 N–H and O–H groups in total. The van der Waals surface area contributed by atoms with Crippen LogP contribution in [0.15, 0.2) is 54.7 Å². The van der Waals surface area contributed by atoms with Crippen LogP contribution in [0.1, 0.15) is 52.0 Å². The van der Waals surface area contributed by atoms with E-state index in [9.17, 15) is 9.59 Å². The Hall–Kier alpha value is -3.23. The molecule has 1 atom stereocenters. The Balaban J connectivity index is 1.29. The Labute approximate surface area is 206 Å². The van der Waals surface area contributed by atoms with Crippen molar-refractivity contribution in [3.8, 4) is 0 Å². The number of imidazole rings is 1. The van der Waals surface area contributed by atoms with Crippen molar-refractivity contribution in [1.82, 2.24) is 29.4 Å². The van der Waals surface area contributed by atoms with Crippen LogP contribution in [0.2, 0.25) is 0 Å². The number of amides is 2. The van der Waals surface area contributed by atoms with Gasteiger partial charge < -0.3 is 24.4 Å². The first-order valence-electron chi connectivity index (χ1n) is 12.6. The lowest BCUT2D eigenvalue weighted by Gasteiger charge is -2.32. The highest BCUT2D eigenvalue weighted by Crippen LogP contribution is 2.33. The summed E-state index contributed by atoms with van der Waals surface area (Å²) < 4.78 is 1.97. The molecule has 8 heteroatoms. The van der Waals surface area contributed by atoms with Gasteiger partial charge in [0.2, 0.25) is 0 Å². The zero-order valence-corrected chi connectivity index (χ0v) is 20.4. The molecule has 1 aromatic carbocycles. The lowest BCUT2D eigenvalue weighted by Crippen LogP contribution is -2.45. The second-order valence-electron chi connectivity index (χ2n) is 9.55. The molecule has 2 aliphatic rings. The van der Waals surface area contributed by atoms with Crippen LogP contribution in [0.25, 0.3) is 5.52 Å². The minimum absolute atomic E-state index is 0.00990. The Bertz CT molecular complexity index is 1170. The number of piperazine rings is 1. The highest BCUT2D eigenvalue weighted by atomic mass is 16.2. The van der Waals surface area contributed by atoms with Crippen LogP contribution in [0, 0.1) is 0 Å². The summed E-state index contributed by atoms with van der Waals surface area (Å²) in [5.74, 6) is 0.609. The van der Waals surface area contributed by atoms with E-state index in [1.165, 1.54) is 0 Å². The van der Waals surface area contributed by atoms with E-state index in [1.54, 1.807) is 0 Å². The number of aromatic nitrogens is 2. The Kier molecular flexibility index (Phi) is 7.11. The number of benzene rings is 1. The molecule has 184 valence electrons. The normalized spacial score (nSPS) is 19.3. The molecule has 2 aromatic heterocycles. The summed E-state index contributed by atoms with van der Waals surface area (Å²) in [5, 5.41) is 3.07. The number of hydrogen-bond donors (Lipinski definition) is 1. The minimum atomic E-state index is -0.156. The fraction of sp³-hybridized carbons (Fsp3) is 0.444. The predicted octanol–water partition coefficient (Wildman–Crippen LogP) is 2.68. The van der Waals surface area contributed by atoms with Gasteiger partial charge in [-0.05, 0) is 57.1 Å².